The van der Waals surface area contributed by atoms with Gasteiger partial charge >= 0.3 is 0 Å². The summed E-state index contributed by atoms with van der Waals surface area (Å²) in [4.78, 5) is 38.3. The second kappa shape index (κ2) is 5.73. The minimum Gasteiger partial charge on any atom is -0.334 e. The van der Waals surface area contributed by atoms with Gasteiger partial charge in [-0.1, -0.05) is 44.0 Å². The predicted octanol–water partition coefficient (Wildman–Crippen LogP) is 2.58. The fourth-order valence-electron chi connectivity index (χ4n) is 3.26. The van der Waals surface area contributed by atoms with Crippen LogP contribution in [0, 0.1) is 23.2 Å². The molecule has 1 aliphatic heterocycles. The Morgan fingerprint density at radius 1 is 1.38 bits per heavy atom. The third kappa shape index (κ3) is 2.88. The Balaban J connectivity index is 2.16. The van der Waals surface area contributed by atoms with Gasteiger partial charge in [0.15, 0.2) is 17.5 Å². The molecule has 116 valence electrons. The highest BCUT2D eigenvalue weighted by atomic mass is 35.5. The van der Waals surface area contributed by atoms with E-state index in [0.29, 0.717) is 6.54 Å². The number of hydrogen-bond donors (Lipinski definition) is 0. The van der Waals surface area contributed by atoms with Gasteiger partial charge in [-0.25, -0.2) is 0 Å². The van der Waals surface area contributed by atoms with Crippen LogP contribution in [0.15, 0.2) is 10.6 Å². The molecule has 0 radical (unpaired) electrons. The van der Waals surface area contributed by atoms with Crippen LogP contribution in [0.25, 0.3) is 0 Å². The second-order valence-electron chi connectivity index (χ2n) is 6.34. The van der Waals surface area contributed by atoms with Gasteiger partial charge in [-0.3, -0.25) is 14.4 Å². The lowest BCUT2D eigenvalue weighted by atomic mass is 9.94. The van der Waals surface area contributed by atoms with Crippen molar-refractivity contribution in [3.05, 3.63) is 10.6 Å². The van der Waals surface area contributed by atoms with E-state index in [2.05, 4.69) is 0 Å². The van der Waals surface area contributed by atoms with Gasteiger partial charge in [0.05, 0.1) is 6.54 Å². The van der Waals surface area contributed by atoms with E-state index in [4.69, 9.17) is 23.2 Å². The third-order valence-electron chi connectivity index (χ3n) is 4.53. The van der Waals surface area contributed by atoms with E-state index in [1.807, 2.05) is 20.8 Å². The molecule has 3 atom stereocenters. The molecule has 21 heavy (non-hydrogen) atoms. The highest BCUT2D eigenvalue weighted by molar-refractivity contribution is 6.55. The minimum atomic E-state index is -1.13. The van der Waals surface area contributed by atoms with Crippen molar-refractivity contribution >= 4 is 40.7 Å². The van der Waals surface area contributed by atoms with Gasteiger partial charge in [0, 0.05) is 12.5 Å². The number of ketones is 2. The smallest absolute Gasteiger partial charge is 0.241 e. The zero-order valence-corrected chi connectivity index (χ0v) is 13.9. The summed E-state index contributed by atoms with van der Waals surface area (Å²) >= 11 is 11.3. The number of hydrogen-bond acceptors (Lipinski definition) is 3. The van der Waals surface area contributed by atoms with E-state index in [-0.39, 0.29) is 45.8 Å². The Morgan fingerprint density at radius 3 is 2.52 bits per heavy atom. The molecule has 4 nitrogen and oxygen atoms in total. The summed E-state index contributed by atoms with van der Waals surface area (Å²) in [6.45, 7) is 6.33. The summed E-state index contributed by atoms with van der Waals surface area (Å²) in [5.74, 6) is -2.55. The van der Waals surface area contributed by atoms with Crippen LogP contribution in [0.2, 0.25) is 0 Å². The van der Waals surface area contributed by atoms with Crippen molar-refractivity contribution in [3.8, 4) is 0 Å². The number of nitrogens with zero attached hydrogens (tertiary/aromatic N) is 1. The number of halogens is 2. The van der Waals surface area contributed by atoms with Crippen LogP contribution in [0.5, 0.6) is 0 Å². The van der Waals surface area contributed by atoms with Gasteiger partial charge in [-0.05, 0) is 23.8 Å². The van der Waals surface area contributed by atoms with Crippen molar-refractivity contribution in [2.45, 2.75) is 27.2 Å². The molecule has 3 unspecified atom stereocenters. The lowest BCUT2D eigenvalue weighted by Gasteiger charge is -2.13. The van der Waals surface area contributed by atoms with E-state index in [9.17, 15) is 14.4 Å². The Kier molecular flexibility index (Phi) is 4.50. The molecule has 2 aliphatic rings. The van der Waals surface area contributed by atoms with Crippen LogP contribution in [-0.2, 0) is 14.4 Å². The van der Waals surface area contributed by atoms with E-state index in [1.54, 1.807) is 6.08 Å². The lowest BCUT2D eigenvalue weighted by molar-refractivity contribution is -0.139. The van der Waals surface area contributed by atoms with Gasteiger partial charge in [0.2, 0.25) is 5.91 Å². The first kappa shape index (κ1) is 16.5. The second-order valence-corrected chi connectivity index (χ2v) is 7.35. The Labute approximate surface area is 134 Å². The predicted molar refractivity (Wildman–Crippen MR) is 80.9 cm³/mol. The first-order chi connectivity index (χ1) is 9.71. The molecule has 1 aliphatic carbocycles. The van der Waals surface area contributed by atoms with Crippen molar-refractivity contribution in [1.29, 1.82) is 0 Å². The fraction of sp³-hybridized carbons (Fsp3) is 0.667. The van der Waals surface area contributed by atoms with Crippen molar-refractivity contribution in [2.24, 2.45) is 23.2 Å². The van der Waals surface area contributed by atoms with Crippen LogP contribution < -0.4 is 0 Å². The molecule has 0 N–H and O–H groups in total. The summed E-state index contributed by atoms with van der Waals surface area (Å²) in [6.07, 6.45) is 2.39. The summed E-state index contributed by atoms with van der Waals surface area (Å²) in [7, 11) is 0. The van der Waals surface area contributed by atoms with Gasteiger partial charge in [-0.15, -0.1) is 0 Å². The molecule has 2 fully saturated rings. The molecule has 1 saturated heterocycles. The first-order valence-electron chi connectivity index (χ1n) is 7.09. The van der Waals surface area contributed by atoms with Crippen LogP contribution in [0.4, 0.5) is 0 Å². The van der Waals surface area contributed by atoms with Gasteiger partial charge in [0.1, 0.15) is 4.49 Å². The van der Waals surface area contributed by atoms with Crippen molar-refractivity contribution in [2.75, 3.05) is 13.1 Å². The monoisotopic (exact) mass is 331 g/mol. The summed E-state index contributed by atoms with van der Waals surface area (Å²) in [5.41, 5.74) is -0.315. The topological polar surface area (TPSA) is 54.5 Å². The van der Waals surface area contributed by atoms with Gasteiger partial charge in [-0.2, -0.15) is 0 Å². The van der Waals surface area contributed by atoms with Crippen LogP contribution in [-0.4, -0.2) is 35.5 Å². The molecular formula is C15H19Cl2NO3. The van der Waals surface area contributed by atoms with Crippen molar-refractivity contribution in [3.63, 3.8) is 0 Å². The summed E-state index contributed by atoms with van der Waals surface area (Å²) < 4.78 is 0.111. The normalized spacial score (nSPS) is 30.5. The molecule has 2 rings (SSSR count). The number of carbonyl (C=O) groups is 3. The quantitative estimate of drug-likeness (QED) is 0.727. The highest BCUT2D eigenvalue weighted by Gasteiger charge is 2.63. The fourth-order valence-corrected chi connectivity index (χ4v) is 3.54. The third-order valence-corrected chi connectivity index (χ3v) is 4.78. The molecule has 1 heterocycles. The van der Waals surface area contributed by atoms with E-state index in [0.717, 1.165) is 6.42 Å². The summed E-state index contributed by atoms with van der Waals surface area (Å²) in [6, 6.07) is 0. The van der Waals surface area contributed by atoms with E-state index < -0.39 is 5.92 Å². The molecule has 0 aromatic heterocycles. The molecule has 0 bridgehead atoms. The maximum absolute atomic E-state index is 12.6. The lowest BCUT2D eigenvalue weighted by Crippen LogP contribution is -2.33. The average Bonchev–Trinajstić information content (AvgIpc) is 2.75. The Bertz CT molecular complexity index is 523. The van der Waals surface area contributed by atoms with Crippen LogP contribution in [0.3, 0.4) is 0 Å². The number of rotatable bonds is 5. The standard InChI is InChI=1S/C15H19Cl2NO3/c1-4-5-18-7-9(19)11(14(18)21)13(20)12-8(6-10(16)17)15(12,2)3/h6,8,11-12H,4-5,7H2,1-3H3. The van der Waals surface area contributed by atoms with Crippen LogP contribution >= 0.6 is 23.2 Å². The number of amides is 1. The zero-order valence-electron chi connectivity index (χ0n) is 12.4. The molecule has 0 aromatic carbocycles. The highest BCUT2D eigenvalue weighted by Crippen LogP contribution is 2.61. The molecule has 6 heteroatoms. The first-order valence-corrected chi connectivity index (χ1v) is 7.85. The Hall–Kier alpha value is -0.870. The number of Topliss-reactive ketones (excluding diaryl/α,β-unsaturated/α-hetero) is 2. The Morgan fingerprint density at radius 2 is 2.00 bits per heavy atom. The van der Waals surface area contributed by atoms with Gasteiger partial charge < -0.3 is 4.90 Å². The molecule has 0 spiro atoms. The number of allylic oxidation sites excluding steroid dienone is 1. The maximum Gasteiger partial charge on any atom is 0.241 e. The SMILES string of the molecule is CCCN1CC(=O)C(C(=O)C2C(C=C(Cl)Cl)C2(C)C)C1=O. The van der Waals surface area contributed by atoms with E-state index >= 15 is 0 Å². The summed E-state index contributed by atoms with van der Waals surface area (Å²) in [5, 5.41) is 0. The average molecular weight is 332 g/mol. The minimum absolute atomic E-state index is 0.0486. The zero-order chi connectivity index (χ0) is 15.9. The number of likely N-dealkylation sites (tertiary alicyclic amines) is 1. The largest absolute Gasteiger partial charge is 0.334 e. The molecular weight excluding hydrogens is 313 g/mol. The van der Waals surface area contributed by atoms with Crippen molar-refractivity contribution < 1.29 is 14.4 Å². The van der Waals surface area contributed by atoms with Crippen LogP contribution in [0.1, 0.15) is 27.2 Å². The van der Waals surface area contributed by atoms with Gasteiger partial charge in [0.25, 0.3) is 0 Å². The molecule has 0 aromatic rings. The van der Waals surface area contributed by atoms with Crippen molar-refractivity contribution in [1.82, 2.24) is 4.90 Å². The maximum atomic E-state index is 12.6. The molecule has 1 amide bonds. The van der Waals surface area contributed by atoms with E-state index in [1.165, 1.54) is 4.90 Å². The number of carbonyl (C=O) groups excluding carboxylic acids is 3. The molecule has 1 saturated carbocycles.